The summed E-state index contributed by atoms with van der Waals surface area (Å²) >= 11 is 1.28. The van der Waals surface area contributed by atoms with Gasteiger partial charge in [0, 0.05) is 23.1 Å². The molecule has 0 saturated carbocycles. The van der Waals surface area contributed by atoms with E-state index in [2.05, 4.69) is 5.10 Å². The molecular formula is C18H24N4O5S. The van der Waals surface area contributed by atoms with E-state index in [1.54, 1.807) is 0 Å². The highest BCUT2D eigenvalue weighted by Gasteiger charge is 2.43. The van der Waals surface area contributed by atoms with Crippen molar-refractivity contribution in [3.05, 3.63) is 33.5 Å². The van der Waals surface area contributed by atoms with Crippen molar-refractivity contribution in [3.8, 4) is 5.00 Å². The van der Waals surface area contributed by atoms with Crippen LogP contribution in [0.15, 0.2) is 6.20 Å². The molecule has 1 aliphatic rings. The lowest BCUT2D eigenvalue weighted by molar-refractivity contribution is -0.135. The molecule has 1 atom stereocenters. The summed E-state index contributed by atoms with van der Waals surface area (Å²) in [7, 11) is 0. The van der Waals surface area contributed by atoms with Gasteiger partial charge in [-0.05, 0) is 33.3 Å². The van der Waals surface area contributed by atoms with Crippen LogP contribution in [-0.2, 0) is 16.8 Å². The number of amides is 2. The summed E-state index contributed by atoms with van der Waals surface area (Å²) in [5, 5.41) is 23.8. The maximum atomic E-state index is 12.3. The van der Waals surface area contributed by atoms with Crippen LogP contribution in [0.2, 0.25) is 0 Å². The number of carbonyl (C=O) groups excluding carboxylic acids is 2. The van der Waals surface area contributed by atoms with E-state index < -0.39 is 35.7 Å². The average Bonchev–Trinajstić information content (AvgIpc) is 3.14. The summed E-state index contributed by atoms with van der Waals surface area (Å²) in [6.07, 6.45) is 0.530. The first-order valence-electron chi connectivity index (χ1n) is 8.72. The first-order chi connectivity index (χ1) is 12.9. The van der Waals surface area contributed by atoms with Crippen molar-refractivity contribution >= 4 is 23.2 Å². The molecule has 1 unspecified atom stereocenters. The van der Waals surface area contributed by atoms with Crippen LogP contribution in [0.3, 0.4) is 0 Å². The summed E-state index contributed by atoms with van der Waals surface area (Å²) < 4.78 is 7.48. The van der Waals surface area contributed by atoms with Gasteiger partial charge in [-0.2, -0.15) is 5.10 Å². The van der Waals surface area contributed by atoms with Gasteiger partial charge in [0.1, 0.15) is 11.1 Å². The molecule has 6 N–H and O–H groups in total. The first kappa shape index (κ1) is 20.5. The molecule has 152 valence electrons. The molecule has 0 saturated heterocycles. The van der Waals surface area contributed by atoms with Crippen LogP contribution >= 0.6 is 11.3 Å². The van der Waals surface area contributed by atoms with Gasteiger partial charge < -0.3 is 26.4 Å². The maximum Gasteiger partial charge on any atom is 0.269 e. The standard InChI is InChI=1S/C18H24N4O5S/c1-17(2)5-8-11(14(19)25)16(28-13(8)18(3,4)27-17)22-6-9(10(24)7-23)12(21-22)15(20)26/h6,10,23-24H,5,7H2,1-4H3,(H2,19,25)(H2,20,26). The lowest BCUT2D eigenvalue weighted by Gasteiger charge is -2.41. The van der Waals surface area contributed by atoms with Crippen LogP contribution in [0.4, 0.5) is 0 Å². The largest absolute Gasteiger partial charge is 0.393 e. The molecule has 2 aromatic rings. The third kappa shape index (κ3) is 3.32. The third-order valence-electron chi connectivity index (χ3n) is 4.63. The fourth-order valence-electron chi connectivity index (χ4n) is 3.75. The number of thiophene rings is 1. The highest BCUT2D eigenvalue weighted by atomic mass is 32.1. The fraction of sp³-hybridized carbons (Fsp3) is 0.500. The highest BCUT2D eigenvalue weighted by molar-refractivity contribution is 7.15. The number of carbonyl (C=O) groups is 2. The van der Waals surface area contributed by atoms with Gasteiger partial charge in [0.05, 0.1) is 23.4 Å². The van der Waals surface area contributed by atoms with Crippen LogP contribution in [0.5, 0.6) is 0 Å². The molecule has 28 heavy (non-hydrogen) atoms. The summed E-state index contributed by atoms with van der Waals surface area (Å²) in [6.45, 7) is 7.10. The SMILES string of the molecule is CC1(C)Cc2c(sc(-n3cc(C(O)CO)c(C(N)=O)n3)c2C(N)=O)C(C)(C)O1. The first-order valence-corrected chi connectivity index (χ1v) is 9.54. The molecule has 2 aromatic heterocycles. The molecule has 2 amide bonds. The molecule has 0 aromatic carbocycles. The van der Waals surface area contributed by atoms with Gasteiger partial charge in [0.25, 0.3) is 11.8 Å². The van der Waals surface area contributed by atoms with E-state index in [4.69, 9.17) is 16.2 Å². The molecule has 9 nitrogen and oxygen atoms in total. The van der Waals surface area contributed by atoms with Gasteiger partial charge in [-0.15, -0.1) is 11.3 Å². The number of nitrogens with zero attached hydrogens (tertiary/aromatic N) is 2. The van der Waals surface area contributed by atoms with E-state index in [0.29, 0.717) is 17.0 Å². The summed E-state index contributed by atoms with van der Waals surface area (Å²) in [5.41, 5.74) is 10.9. The maximum absolute atomic E-state index is 12.3. The number of nitrogens with two attached hydrogens (primary N) is 2. The fourth-order valence-corrected chi connectivity index (χ4v) is 5.04. The molecule has 0 fully saturated rings. The number of primary amides is 2. The minimum absolute atomic E-state index is 0.0765. The van der Waals surface area contributed by atoms with E-state index in [1.165, 1.54) is 22.2 Å². The van der Waals surface area contributed by atoms with E-state index >= 15 is 0 Å². The van der Waals surface area contributed by atoms with E-state index in [1.807, 2.05) is 27.7 Å². The normalized spacial score (nSPS) is 18.5. The van der Waals surface area contributed by atoms with Crippen molar-refractivity contribution in [2.45, 2.75) is 51.4 Å². The second-order valence-corrected chi connectivity index (χ2v) is 8.94. The Morgan fingerprint density at radius 3 is 2.50 bits per heavy atom. The van der Waals surface area contributed by atoms with Crippen molar-refractivity contribution in [2.75, 3.05) is 6.61 Å². The second-order valence-electron chi connectivity index (χ2n) is 7.94. The van der Waals surface area contributed by atoms with Crippen molar-refractivity contribution in [3.63, 3.8) is 0 Å². The molecule has 3 rings (SSSR count). The lowest BCUT2D eigenvalue weighted by Crippen LogP contribution is -2.42. The Kier molecular flexibility index (Phi) is 4.87. The number of aromatic nitrogens is 2. The zero-order valence-electron chi connectivity index (χ0n) is 16.1. The molecule has 0 aliphatic carbocycles. The number of hydrogen-bond acceptors (Lipinski definition) is 7. The molecule has 0 spiro atoms. The molecular weight excluding hydrogens is 384 g/mol. The van der Waals surface area contributed by atoms with Crippen LogP contribution in [-0.4, -0.2) is 44.0 Å². The number of aliphatic hydroxyl groups is 2. The van der Waals surface area contributed by atoms with Crippen molar-refractivity contribution in [1.82, 2.24) is 9.78 Å². The van der Waals surface area contributed by atoms with E-state index in [9.17, 15) is 19.8 Å². The zero-order chi connectivity index (χ0) is 21.0. The monoisotopic (exact) mass is 408 g/mol. The Hall–Kier alpha value is -2.27. The Balaban J connectivity index is 2.26. The van der Waals surface area contributed by atoms with Crippen molar-refractivity contribution in [1.29, 1.82) is 0 Å². The van der Waals surface area contributed by atoms with E-state index in [0.717, 1.165) is 10.4 Å². The van der Waals surface area contributed by atoms with Crippen LogP contribution < -0.4 is 11.5 Å². The second kappa shape index (κ2) is 6.66. The van der Waals surface area contributed by atoms with Crippen molar-refractivity contribution < 1.29 is 24.5 Å². The lowest BCUT2D eigenvalue weighted by atomic mass is 9.86. The number of ether oxygens (including phenoxy) is 1. The molecule has 1 aliphatic heterocycles. The number of hydrogen-bond donors (Lipinski definition) is 4. The summed E-state index contributed by atoms with van der Waals surface area (Å²) in [5.74, 6) is -1.48. The Bertz CT molecular complexity index is 960. The predicted octanol–water partition coefficient (Wildman–Crippen LogP) is 0.744. The number of rotatable bonds is 5. The van der Waals surface area contributed by atoms with Crippen LogP contribution in [0, 0.1) is 0 Å². The van der Waals surface area contributed by atoms with Gasteiger partial charge in [-0.3, -0.25) is 9.59 Å². The molecule has 3 heterocycles. The van der Waals surface area contributed by atoms with Gasteiger partial charge in [0.2, 0.25) is 0 Å². The van der Waals surface area contributed by atoms with Gasteiger partial charge >= 0.3 is 0 Å². The average molecular weight is 408 g/mol. The van der Waals surface area contributed by atoms with Crippen LogP contribution in [0.1, 0.15) is 70.6 Å². The minimum Gasteiger partial charge on any atom is -0.393 e. The Morgan fingerprint density at radius 2 is 1.96 bits per heavy atom. The zero-order valence-corrected chi connectivity index (χ0v) is 17.0. The Morgan fingerprint density at radius 1 is 1.32 bits per heavy atom. The van der Waals surface area contributed by atoms with Gasteiger partial charge in [-0.1, -0.05) is 0 Å². The van der Waals surface area contributed by atoms with Gasteiger partial charge in [0.15, 0.2) is 5.69 Å². The number of aliphatic hydroxyl groups excluding tert-OH is 2. The molecule has 10 heteroatoms. The highest BCUT2D eigenvalue weighted by Crippen LogP contribution is 2.47. The number of fused-ring (bicyclic) bond motifs is 1. The van der Waals surface area contributed by atoms with Crippen LogP contribution in [0.25, 0.3) is 5.00 Å². The Labute approximate surface area is 165 Å². The predicted molar refractivity (Wildman–Crippen MR) is 102 cm³/mol. The van der Waals surface area contributed by atoms with Gasteiger partial charge in [-0.25, -0.2) is 4.68 Å². The molecule has 0 bridgehead atoms. The minimum atomic E-state index is -1.33. The van der Waals surface area contributed by atoms with Crippen molar-refractivity contribution in [2.24, 2.45) is 11.5 Å². The third-order valence-corrected chi connectivity index (χ3v) is 6.16. The quantitative estimate of drug-likeness (QED) is 0.572. The summed E-state index contributed by atoms with van der Waals surface area (Å²) in [4.78, 5) is 24.9. The van der Waals surface area contributed by atoms with E-state index in [-0.39, 0.29) is 11.3 Å². The smallest absolute Gasteiger partial charge is 0.269 e. The molecule has 0 radical (unpaired) electrons. The topological polar surface area (TPSA) is 154 Å². The summed E-state index contributed by atoms with van der Waals surface area (Å²) in [6, 6.07) is 0.